The van der Waals surface area contributed by atoms with Crippen molar-refractivity contribution in [3.63, 3.8) is 0 Å². The minimum absolute atomic E-state index is 0.377. The van der Waals surface area contributed by atoms with Crippen LogP contribution in [0.3, 0.4) is 0 Å². The van der Waals surface area contributed by atoms with Crippen LogP contribution in [-0.2, 0) is 0 Å². The third-order valence-electron chi connectivity index (χ3n) is 5.74. The summed E-state index contributed by atoms with van der Waals surface area (Å²) in [5, 5.41) is 3.63. The largest absolute Gasteiger partial charge is 0.412 e. The van der Waals surface area contributed by atoms with E-state index in [1.165, 1.54) is 32.1 Å². The highest BCUT2D eigenvalue weighted by atomic mass is 35.5. The van der Waals surface area contributed by atoms with Crippen molar-refractivity contribution in [2.75, 3.05) is 6.54 Å². The molecule has 2 aliphatic carbocycles. The fraction of sp³-hybridized carbons (Fsp3) is 0.409. The Bertz CT molecular complexity index is 779. The lowest BCUT2D eigenvalue weighted by atomic mass is 9.81. The Morgan fingerprint density at radius 1 is 1.04 bits per heavy atom. The number of ether oxygens (including phenoxy) is 1. The molecule has 1 N–H and O–H groups in total. The van der Waals surface area contributed by atoms with Crippen LogP contribution in [0.15, 0.2) is 48.5 Å². The number of hydrogen-bond donors (Lipinski definition) is 1. The van der Waals surface area contributed by atoms with Crippen LogP contribution >= 0.6 is 11.6 Å². The van der Waals surface area contributed by atoms with Gasteiger partial charge in [-0.25, -0.2) is 4.79 Å². The third kappa shape index (κ3) is 4.04. The number of hydrogen-bond acceptors (Lipinski definition) is 2. The zero-order chi connectivity index (χ0) is 17.9. The van der Waals surface area contributed by atoms with Gasteiger partial charge in [-0.2, -0.15) is 0 Å². The van der Waals surface area contributed by atoms with Crippen molar-refractivity contribution >= 4 is 17.7 Å². The summed E-state index contributed by atoms with van der Waals surface area (Å²) in [5.74, 6) is 2.90. The molecule has 0 aromatic heterocycles. The Balaban J connectivity index is 1.39. The third-order valence-corrected chi connectivity index (χ3v) is 5.98. The maximum atomic E-state index is 12.3. The number of rotatable bonds is 4. The van der Waals surface area contributed by atoms with Gasteiger partial charge in [0.05, 0.1) is 0 Å². The predicted molar refractivity (Wildman–Crippen MR) is 104 cm³/mol. The average Bonchev–Trinajstić information content (AvgIpc) is 2.98. The quantitative estimate of drug-likeness (QED) is 0.726. The minimum atomic E-state index is -0.377. The van der Waals surface area contributed by atoms with Gasteiger partial charge in [-0.3, -0.25) is 0 Å². The molecule has 0 spiro atoms. The number of carbonyl (C=O) groups excluding carboxylic acids is 1. The standard InChI is InChI=1S/C22H24ClNO2/c23-19-5-3-4-18(13-19)20-6-1-2-7-21(20)26-22(25)24-14-17-11-15-8-9-16(10-15)12-17/h1-7,13,15-17H,8-12,14H2,(H,24,25). The minimum Gasteiger partial charge on any atom is -0.410 e. The van der Waals surface area contributed by atoms with Crippen molar-refractivity contribution in [1.29, 1.82) is 0 Å². The Morgan fingerprint density at radius 3 is 2.58 bits per heavy atom. The first-order chi connectivity index (χ1) is 12.7. The van der Waals surface area contributed by atoms with Gasteiger partial charge in [0.25, 0.3) is 0 Å². The lowest BCUT2D eigenvalue weighted by molar-refractivity contribution is 0.192. The Labute approximate surface area is 159 Å². The SMILES string of the molecule is O=C(NCC1CC2CCC(C2)C1)Oc1ccccc1-c1cccc(Cl)c1. The van der Waals surface area contributed by atoms with E-state index in [9.17, 15) is 4.79 Å². The number of carbonyl (C=O) groups is 1. The maximum absolute atomic E-state index is 12.3. The van der Waals surface area contributed by atoms with Gasteiger partial charge in [0.1, 0.15) is 5.75 Å². The summed E-state index contributed by atoms with van der Waals surface area (Å²) in [6, 6.07) is 15.1. The molecule has 2 bridgehead atoms. The molecule has 0 aliphatic heterocycles. The van der Waals surface area contributed by atoms with Crippen LogP contribution in [0.5, 0.6) is 5.75 Å². The first-order valence-electron chi connectivity index (χ1n) is 9.48. The van der Waals surface area contributed by atoms with Crippen molar-refractivity contribution < 1.29 is 9.53 Å². The second kappa shape index (κ2) is 7.71. The van der Waals surface area contributed by atoms with Gasteiger partial charge < -0.3 is 10.1 Å². The molecule has 136 valence electrons. The highest BCUT2D eigenvalue weighted by molar-refractivity contribution is 6.30. The van der Waals surface area contributed by atoms with Gasteiger partial charge in [0, 0.05) is 17.1 Å². The molecule has 0 radical (unpaired) electrons. The average molecular weight is 370 g/mol. The van der Waals surface area contributed by atoms with Gasteiger partial charge >= 0.3 is 6.09 Å². The summed E-state index contributed by atoms with van der Waals surface area (Å²) >= 11 is 6.10. The van der Waals surface area contributed by atoms with E-state index in [2.05, 4.69) is 5.32 Å². The van der Waals surface area contributed by atoms with E-state index in [0.717, 1.165) is 23.0 Å². The second-order valence-electron chi connectivity index (χ2n) is 7.66. The zero-order valence-corrected chi connectivity index (χ0v) is 15.5. The van der Waals surface area contributed by atoms with Crippen LogP contribution in [0.25, 0.3) is 11.1 Å². The highest BCUT2D eigenvalue weighted by Crippen LogP contribution is 2.44. The topological polar surface area (TPSA) is 38.3 Å². The number of nitrogens with one attached hydrogen (secondary N) is 1. The van der Waals surface area contributed by atoms with Crippen molar-refractivity contribution in [3.05, 3.63) is 53.6 Å². The molecule has 4 heteroatoms. The number of amides is 1. The Hall–Kier alpha value is -2.00. The number of fused-ring (bicyclic) bond motifs is 2. The molecule has 2 aromatic carbocycles. The highest BCUT2D eigenvalue weighted by Gasteiger charge is 2.34. The normalized spacial score (nSPS) is 24.3. The molecule has 3 nitrogen and oxygen atoms in total. The molecule has 0 saturated heterocycles. The van der Waals surface area contributed by atoms with E-state index < -0.39 is 0 Å². The van der Waals surface area contributed by atoms with Crippen LogP contribution in [0.4, 0.5) is 4.79 Å². The van der Waals surface area contributed by atoms with Crippen LogP contribution < -0.4 is 10.1 Å². The van der Waals surface area contributed by atoms with Crippen molar-refractivity contribution in [1.82, 2.24) is 5.32 Å². The van der Waals surface area contributed by atoms with Gasteiger partial charge in [0.2, 0.25) is 0 Å². The lowest BCUT2D eigenvalue weighted by Crippen LogP contribution is -2.34. The molecular formula is C22H24ClNO2. The molecule has 2 fully saturated rings. The molecule has 26 heavy (non-hydrogen) atoms. The van der Waals surface area contributed by atoms with Crippen molar-refractivity contribution in [2.45, 2.75) is 32.1 Å². The molecule has 0 heterocycles. The van der Waals surface area contributed by atoms with E-state index in [4.69, 9.17) is 16.3 Å². The van der Waals surface area contributed by atoms with Gasteiger partial charge in [0.15, 0.2) is 0 Å². The smallest absolute Gasteiger partial charge is 0.410 e. The molecule has 2 unspecified atom stereocenters. The first-order valence-corrected chi connectivity index (χ1v) is 9.86. The molecular weight excluding hydrogens is 346 g/mol. The molecule has 2 saturated carbocycles. The molecule has 2 aliphatic rings. The molecule has 2 atom stereocenters. The summed E-state index contributed by atoms with van der Waals surface area (Å²) < 4.78 is 5.61. The maximum Gasteiger partial charge on any atom is 0.412 e. The summed E-state index contributed by atoms with van der Waals surface area (Å²) in [6.45, 7) is 0.713. The fourth-order valence-electron chi connectivity index (χ4n) is 4.63. The van der Waals surface area contributed by atoms with Crippen LogP contribution in [0.2, 0.25) is 5.02 Å². The first kappa shape index (κ1) is 17.4. The van der Waals surface area contributed by atoms with Crippen LogP contribution in [0, 0.1) is 17.8 Å². The summed E-state index contributed by atoms with van der Waals surface area (Å²) in [7, 11) is 0. The van der Waals surface area contributed by atoms with Crippen LogP contribution in [-0.4, -0.2) is 12.6 Å². The number of halogens is 1. The van der Waals surface area contributed by atoms with Crippen molar-refractivity contribution in [2.24, 2.45) is 17.8 Å². The summed E-state index contributed by atoms with van der Waals surface area (Å²) in [4.78, 5) is 12.3. The Morgan fingerprint density at radius 2 is 1.81 bits per heavy atom. The number of benzene rings is 2. The Kier molecular flexibility index (Phi) is 5.16. The second-order valence-corrected chi connectivity index (χ2v) is 8.10. The van der Waals surface area contributed by atoms with E-state index in [0.29, 0.717) is 23.2 Å². The van der Waals surface area contributed by atoms with E-state index >= 15 is 0 Å². The lowest BCUT2D eigenvalue weighted by Gasteiger charge is -2.27. The van der Waals surface area contributed by atoms with Gasteiger partial charge in [-0.15, -0.1) is 0 Å². The summed E-state index contributed by atoms with van der Waals surface area (Å²) in [6.07, 6.45) is 6.26. The molecule has 1 amide bonds. The zero-order valence-electron chi connectivity index (χ0n) is 14.8. The monoisotopic (exact) mass is 369 g/mol. The van der Waals surface area contributed by atoms with Gasteiger partial charge in [-0.1, -0.05) is 54.8 Å². The summed E-state index contributed by atoms with van der Waals surface area (Å²) in [5.41, 5.74) is 1.80. The van der Waals surface area contributed by atoms with E-state index in [1.54, 1.807) is 0 Å². The number of para-hydroxylation sites is 1. The molecule has 4 rings (SSSR count). The van der Waals surface area contributed by atoms with Gasteiger partial charge in [-0.05, 0) is 60.8 Å². The van der Waals surface area contributed by atoms with Crippen molar-refractivity contribution in [3.8, 4) is 16.9 Å². The fourth-order valence-corrected chi connectivity index (χ4v) is 4.82. The van der Waals surface area contributed by atoms with E-state index in [1.807, 2.05) is 48.5 Å². The molecule has 2 aromatic rings. The predicted octanol–water partition coefficient (Wildman–Crippen LogP) is 5.92. The van der Waals surface area contributed by atoms with Crippen LogP contribution in [0.1, 0.15) is 32.1 Å². The van der Waals surface area contributed by atoms with E-state index in [-0.39, 0.29) is 6.09 Å².